The lowest BCUT2D eigenvalue weighted by Gasteiger charge is -2.26. The Balaban J connectivity index is 2.40. The van der Waals surface area contributed by atoms with Crippen LogP contribution in [0.15, 0.2) is 18.2 Å². The van der Waals surface area contributed by atoms with Gasteiger partial charge in [0.05, 0.1) is 5.56 Å². The molecular weight excluding hydrogens is 190 g/mol. The molecule has 1 unspecified atom stereocenters. The smallest absolute Gasteiger partial charge is 0.335 e. The molecule has 1 heterocycles. The van der Waals surface area contributed by atoms with Crippen LogP contribution >= 0.6 is 0 Å². The maximum atomic E-state index is 10.8. The van der Waals surface area contributed by atoms with Crippen molar-refractivity contribution in [2.45, 2.75) is 25.8 Å². The molecule has 0 saturated heterocycles. The summed E-state index contributed by atoms with van der Waals surface area (Å²) < 4.78 is 0. The first-order chi connectivity index (χ1) is 7.22. The van der Waals surface area contributed by atoms with Crippen molar-refractivity contribution < 1.29 is 9.90 Å². The van der Waals surface area contributed by atoms with Gasteiger partial charge in [0.15, 0.2) is 0 Å². The molecule has 3 nitrogen and oxygen atoms in total. The molecule has 2 N–H and O–H groups in total. The maximum absolute atomic E-state index is 10.8. The van der Waals surface area contributed by atoms with Gasteiger partial charge in [0.2, 0.25) is 0 Å². The largest absolute Gasteiger partial charge is 0.478 e. The van der Waals surface area contributed by atoms with Crippen LogP contribution in [0.25, 0.3) is 0 Å². The predicted molar refractivity (Wildman–Crippen MR) is 58.1 cm³/mol. The molecule has 0 bridgehead atoms. The van der Waals surface area contributed by atoms with Crippen LogP contribution in [0.1, 0.15) is 40.9 Å². The minimum absolute atomic E-state index is 0.386. The van der Waals surface area contributed by atoms with Crippen molar-refractivity contribution in [2.75, 3.05) is 6.54 Å². The number of carboxylic acid groups (broad SMARTS) is 1. The van der Waals surface area contributed by atoms with Gasteiger partial charge in [0.25, 0.3) is 0 Å². The van der Waals surface area contributed by atoms with Crippen molar-refractivity contribution in [2.24, 2.45) is 0 Å². The second-order valence-corrected chi connectivity index (χ2v) is 3.88. The number of carbonyl (C=O) groups is 1. The maximum Gasteiger partial charge on any atom is 0.335 e. The highest BCUT2D eigenvalue weighted by molar-refractivity contribution is 5.88. The van der Waals surface area contributed by atoms with E-state index in [0.717, 1.165) is 19.4 Å². The summed E-state index contributed by atoms with van der Waals surface area (Å²) in [4.78, 5) is 10.8. The quantitative estimate of drug-likeness (QED) is 0.776. The van der Waals surface area contributed by atoms with Crippen molar-refractivity contribution in [3.05, 3.63) is 34.9 Å². The van der Waals surface area contributed by atoms with Gasteiger partial charge in [0, 0.05) is 6.04 Å². The zero-order chi connectivity index (χ0) is 10.8. The molecule has 0 aliphatic carbocycles. The summed E-state index contributed by atoms with van der Waals surface area (Å²) in [5.41, 5.74) is 2.83. The standard InChI is InChI=1S/C12H15NO2/c1-2-11-10-4-3-9(12(14)15)7-8(10)5-6-13-11/h3-4,7,11,13H,2,5-6H2,1H3,(H,14,15). The number of aromatic carboxylic acids is 1. The fraction of sp³-hybridized carbons (Fsp3) is 0.417. The number of hydrogen-bond acceptors (Lipinski definition) is 2. The molecule has 0 saturated carbocycles. The van der Waals surface area contributed by atoms with Crippen LogP contribution in [0.5, 0.6) is 0 Å². The van der Waals surface area contributed by atoms with Crippen LogP contribution in [0, 0.1) is 0 Å². The molecule has 3 heteroatoms. The lowest BCUT2D eigenvalue weighted by molar-refractivity contribution is 0.0696. The van der Waals surface area contributed by atoms with Gasteiger partial charge in [-0.05, 0) is 42.6 Å². The predicted octanol–water partition coefficient (Wildman–Crippen LogP) is 1.98. The summed E-state index contributed by atoms with van der Waals surface area (Å²) in [6.45, 7) is 3.08. The third-order valence-electron chi connectivity index (χ3n) is 2.96. The van der Waals surface area contributed by atoms with Crippen molar-refractivity contribution in [1.82, 2.24) is 5.32 Å². The van der Waals surface area contributed by atoms with Gasteiger partial charge in [0.1, 0.15) is 0 Å². The van der Waals surface area contributed by atoms with Crippen molar-refractivity contribution in [1.29, 1.82) is 0 Å². The first-order valence-corrected chi connectivity index (χ1v) is 5.32. The van der Waals surface area contributed by atoms with Gasteiger partial charge in [-0.25, -0.2) is 4.79 Å². The number of nitrogens with one attached hydrogen (secondary N) is 1. The third kappa shape index (κ3) is 1.88. The van der Waals surface area contributed by atoms with E-state index in [1.54, 1.807) is 12.1 Å². The minimum Gasteiger partial charge on any atom is -0.478 e. The number of carboxylic acids is 1. The highest BCUT2D eigenvalue weighted by Crippen LogP contribution is 2.25. The fourth-order valence-electron chi connectivity index (χ4n) is 2.15. The lowest BCUT2D eigenvalue weighted by atomic mass is 9.91. The van der Waals surface area contributed by atoms with Gasteiger partial charge < -0.3 is 10.4 Å². The van der Waals surface area contributed by atoms with Gasteiger partial charge in [-0.15, -0.1) is 0 Å². The van der Waals surface area contributed by atoms with E-state index in [9.17, 15) is 4.79 Å². The van der Waals surface area contributed by atoms with Gasteiger partial charge >= 0.3 is 5.97 Å². The third-order valence-corrected chi connectivity index (χ3v) is 2.96. The molecule has 1 aromatic carbocycles. The number of hydrogen-bond donors (Lipinski definition) is 2. The topological polar surface area (TPSA) is 49.3 Å². The van der Waals surface area contributed by atoms with Crippen molar-refractivity contribution in [3.63, 3.8) is 0 Å². The van der Waals surface area contributed by atoms with Crippen molar-refractivity contribution in [3.8, 4) is 0 Å². The van der Waals surface area contributed by atoms with Crippen LogP contribution in [-0.4, -0.2) is 17.6 Å². The summed E-state index contributed by atoms with van der Waals surface area (Å²) in [7, 11) is 0. The first kappa shape index (κ1) is 10.2. The number of rotatable bonds is 2. The lowest BCUT2D eigenvalue weighted by Crippen LogP contribution is -2.29. The monoisotopic (exact) mass is 205 g/mol. The normalized spacial score (nSPS) is 19.7. The van der Waals surface area contributed by atoms with Gasteiger partial charge in [-0.1, -0.05) is 13.0 Å². The van der Waals surface area contributed by atoms with Crippen LogP contribution in [0.2, 0.25) is 0 Å². The van der Waals surface area contributed by atoms with E-state index in [1.165, 1.54) is 11.1 Å². The molecule has 1 atom stereocenters. The Hall–Kier alpha value is -1.35. The molecule has 2 rings (SSSR count). The molecule has 0 amide bonds. The summed E-state index contributed by atoms with van der Waals surface area (Å²) in [5, 5.41) is 12.3. The second kappa shape index (κ2) is 4.03. The van der Waals surface area contributed by atoms with Crippen LogP contribution in [-0.2, 0) is 6.42 Å². The van der Waals surface area contributed by atoms with Crippen LogP contribution < -0.4 is 5.32 Å². The van der Waals surface area contributed by atoms with E-state index in [-0.39, 0.29) is 0 Å². The number of benzene rings is 1. The highest BCUT2D eigenvalue weighted by atomic mass is 16.4. The molecular formula is C12H15NO2. The Morgan fingerprint density at radius 2 is 2.40 bits per heavy atom. The molecule has 0 radical (unpaired) electrons. The summed E-state index contributed by atoms with van der Waals surface area (Å²) in [6, 6.07) is 5.83. The van der Waals surface area contributed by atoms with E-state index in [2.05, 4.69) is 12.2 Å². The molecule has 1 aliphatic heterocycles. The van der Waals surface area contributed by atoms with Crippen LogP contribution in [0.4, 0.5) is 0 Å². The molecule has 1 aromatic rings. The Kier molecular flexibility index (Phi) is 2.73. The summed E-state index contributed by atoms with van der Waals surface area (Å²) in [6.07, 6.45) is 1.96. The molecule has 1 aliphatic rings. The minimum atomic E-state index is -0.843. The average molecular weight is 205 g/mol. The first-order valence-electron chi connectivity index (χ1n) is 5.32. The Morgan fingerprint density at radius 1 is 1.60 bits per heavy atom. The SMILES string of the molecule is CCC1NCCc2cc(C(=O)O)ccc21. The summed E-state index contributed by atoms with van der Waals surface area (Å²) >= 11 is 0. The van der Waals surface area contributed by atoms with Crippen LogP contribution in [0.3, 0.4) is 0 Å². The highest BCUT2D eigenvalue weighted by Gasteiger charge is 2.18. The molecule has 0 aromatic heterocycles. The van der Waals surface area contributed by atoms with E-state index < -0.39 is 5.97 Å². The fourth-order valence-corrected chi connectivity index (χ4v) is 2.15. The number of fused-ring (bicyclic) bond motifs is 1. The molecule has 15 heavy (non-hydrogen) atoms. The summed E-state index contributed by atoms with van der Waals surface area (Å²) in [5.74, 6) is -0.843. The Bertz CT molecular complexity index is 387. The average Bonchev–Trinajstić information content (AvgIpc) is 2.27. The Labute approximate surface area is 89.1 Å². The molecule has 80 valence electrons. The van der Waals surface area contributed by atoms with Gasteiger partial charge in [-0.3, -0.25) is 0 Å². The van der Waals surface area contributed by atoms with Crippen molar-refractivity contribution >= 4 is 5.97 Å². The van der Waals surface area contributed by atoms with E-state index >= 15 is 0 Å². The van der Waals surface area contributed by atoms with Gasteiger partial charge in [-0.2, -0.15) is 0 Å². The molecule has 0 fully saturated rings. The Morgan fingerprint density at radius 3 is 3.07 bits per heavy atom. The second-order valence-electron chi connectivity index (χ2n) is 3.88. The zero-order valence-electron chi connectivity index (χ0n) is 8.79. The molecule has 0 spiro atoms. The van der Waals surface area contributed by atoms with E-state index in [1.807, 2.05) is 6.07 Å². The van der Waals surface area contributed by atoms with E-state index in [4.69, 9.17) is 5.11 Å². The zero-order valence-corrected chi connectivity index (χ0v) is 8.79. The van der Waals surface area contributed by atoms with E-state index in [0.29, 0.717) is 11.6 Å².